The van der Waals surface area contributed by atoms with Gasteiger partial charge >= 0.3 is 0 Å². The number of carbonyl (C=O) groups excluding carboxylic acids is 2. The second-order valence-electron chi connectivity index (χ2n) is 6.27. The van der Waals surface area contributed by atoms with Crippen LogP contribution in [-0.4, -0.2) is 40.5 Å². The zero-order chi connectivity index (χ0) is 15.5. The van der Waals surface area contributed by atoms with Gasteiger partial charge in [-0.3, -0.25) is 9.59 Å². The maximum atomic E-state index is 12.3. The Kier molecular flexibility index (Phi) is 4.43. The normalized spacial score (nSPS) is 28.1. The third-order valence-electron chi connectivity index (χ3n) is 4.61. The summed E-state index contributed by atoms with van der Waals surface area (Å²) in [6.07, 6.45) is 2.33. The Balaban J connectivity index is 1.56. The van der Waals surface area contributed by atoms with Crippen molar-refractivity contribution in [3.63, 3.8) is 0 Å². The molecule has 118 valence electrons. The van der Waals surface area contributed by atoms with Crippen LogP contribution >= 0.6 is 0 Å². The zero-order valence-electron chi connectivity index (χ0n) is 12.6. The average Bonchev–Trinajstić information content (AvgIpc) is 3.07. The lowest BCUT2D eigenvalue weighted by Gasteiger charge is -2.20. The fourth-order valence-electron chi connectivity index (χ4n) is 3.31. The molecule has 2 amide bonds. The highest BCUT2D eigenvalue weighted by atomic mass is 16.3. The number of rotatable bonds is 4. The monoisotopic (exact) mass is 302 g/mol. The number of benzene rings is 1. The van der Waals surface area contributed by atoms with Gasteiger partial charge in [-0.2, -0.15) is 0 Å². The molecule has 2 aliphatic rings. The molecule has 1 heterocycles. The maximum Gasteiger partial charge on any atom is 0.225 e. The number of nitrogens with zero attached hydrogens (tertiary/aromatic N) is 1. The van der Waals surface area contributed by atoms with Gasteiger partial charge in [-0.25, -0.2) is 0 Å². The van der Waals surface area contributed by atoms with Gasteiger partial charge in [-0.1, -0.05) is 30.3 Å². The molecule has 1 saturated carbocycles. The summed E-state index contributed by atoms with van der Waals surface area (Å²) in [4.78, 5) is 26.1. The van der Waals surface area contributed by atoms with Crippen LogP contribution in [0.25, 0.3) is 0 Å². The summed E-state index contributed by atoms with van der Waals surface area (Å²) in [6, 6.07) is 9.65. The number of aliphatic hydroxyl groups excluding tert-OH is 1. The number of likely N-dealkylation sites (tertiary alicyclic amines) is 1. The lowest BCUT2D eigenvalue weighted by Crippen LogP contribution is -2.43. The van der Waals surface area contributed by atoms with Crippen LogP contribution in [0.3, 0.4) is 0 Å². The van der Waals surface area contributed by atoms with E-state index in [9.17, 15) is 14.7 Å². The van der Waals surface area contributed by atoms with Crippen molar-refractivity contribution < 1.29 is 14.7 Å². The van der Waals surface area contributed by atoms with E-state index in [1.807, 2.05) is 30.3 Å². The molecule has 0 aromatic heterocycles. The van der Waals surface area contributed by atoms with E-state index in [-0.39, 0.29) is 30.2 Å². The van der Waals surface area contributed by atoms with Gasteiger partial charge in [0.15, 0.2) is 0 Å². The SMILES string of the molecule is O=C(NC1CCCC1O)C1CC(=O)N(Cc2ccccc2)C1. The summed E-state index contributed by atoms with van der Waals surface area (Å²) >= 11 is 0. The van der Waals surface area contributed by atoms with Gasteiger partial charge in [0.25, 0.3) is 0 Å². The Bertz CT molecular complexity index is 546. The first-order valence-electron chi connectivity index (χ1n) is 7.93. The van der Waals surface area contributed by atoms with Gasteiger partial charge in [0.1, 0.15) is 0 Å². The van der Waals surface area contributed by atoms with Crippen molar-refractivity contribution in [1.82, 2.24) is 10.2 Å². The summed E-state index contributed by atoms with van der Waals surface area (Å²) in [5.41, 5.74) is 1.07. The van der Waals surface area contributed by atoms with Crippen molar-refractivity contribution in [2.75, 3.05) is 6.54 Å². The van der Waals surface area contributed by atoms with Crippen LogP contribution in [0.2, 0.25) is 0 Å². The van der Waals surface area contributed by atoms with Crippen molar-refractivity contribution in [1.29, 1.82) is 0 Å². The predicted octanol–water partition coefficient (Wildman–Crippen LogP) is 1.06. The molecule has 0 radical (unpaired) electrons. The number of amides is 2. The van der Waals surface area contributed by atoms with Crippen LogP contribution in [0.15, 0.2) is 30.3 Å². The molecule has 1 aliphatic carbocycles. The second kappa shape index (κ2) is 6.48. The first kappa shape index (κ1) is 15.0. The van der Waals surface area contributed by atoms with E-state index >= 15 is 0 Å². The minimum Gasteiger partial charge on any atom is -0.391 e. The Morgan fingerprint density at radius 2 is 2.05 bits per heavy atom. The van der Waals surface area contributed by atoms with Crippen molar-refractivity contribution in [3.8, 4) is 0 Å². The van der Waals surface area contributed by atoms with Crippen molar-refractivity contribution in [3.05, 3.63) is 35.9 Å². The molecule has 3 rings (SSSR count). The van der Waals surface area contributed by atoms with E-state index in [0.29, 0.717) is 13.1 Å². The Morgan fingerprint density at radius 1 is 1.27 bits per heavy atom. The van der Waals surface area contributed by atoms with Gasteiger partial charge in [0.05, 0.1) is 18.1 Å². The summed E-state index contributed by atoms with van der Waals surface area (Å²) in [6.45, 7) is 1.01. The van der Waals surface area contributed by atoms with Gasteiger partial charge in [-0.15, -0.1) is 0 Å². The molecule has 1 aliphatic heterocycles. The minimum atomic E-state index is -0.443. The Labute approximate surface area is 130 Å². The van der Waals surface area contributed by atoms with E-state index in [1.54, 1.807) is 4.90 Å². The first-order chi connectivity index (χ1) is 10.6. The third-order valence-corrected chi connectivity index (χ3v) is 4.61. The van der Waals surface area contributed by atoms with Crippen molar-refractivity contribution in [2.45, 2.75) is 44.4 Å². The molecule has 3 atom stereocenters. The van der Waals surface area contributed by atoms with Crippen molar-refractivity contribution >= 4 is 11.8 Å². The molecular formula is C17H22N2O3. The molecule has 5 nitrogen and oxygen atoms in total. The number of hydrogen-bond donors (Lipinski definition) is 2. The van der Waals surface area contributed by atoms with E-state index in [0.717, 1.165) is 24.8 Å². The number of aliphatic hydroxyl groups is 1. The second-order valence-corrected chi connectivity index (χ2v) is 6.27. The molecule has 2 N–H and O–H groups in total. The topological polar surface area (TPSA) is 69.6 Å². The van der Waals surface area contributed by atoms with Crippen LogP contribution in [0.5, 0.6) is 0 Å². The van der Waals surface area contributed by atoms with E-state index in [4.69, 9.17) is 0 Å². The highest BCUT2D eigenvalue weighted by molar-refractivity contribution is 5.89. The van der Waals surface area contributed by atoms with Crippen LogP contribution < -0.4 is 5.32 Å². The third kappa shape index (κ3) is 3.30. The number of carbonyl (C=O) groups is 2. The van der Waals surface area contributed by atoms with Crippen LogP contribution in [-0.2, 0) is 16.1 Å². The molecule has 5 heteroatoms. The van der Waals surface area contributed by atoms with E-state index in [1.165, 1.54) is 0 Å². The number of hydrogen-bond acceptors (Lipinski definition) is 3. The number of nitrogens with one attached hydrogen (secondary N) is 1. The molecule has 1 aromatic carbocycles. The lowest BCUT2D eigenvalue weighted by molar-refractivity contribution is -0.129. The zero-order valence-corrected chi connectivity index (χ0v) is 12.6. The van der Waals surface area contributed by atoms with E-state index in [2.05, 4.69) is 5.32 Å². The minimum absolute atomic E-state index is 0.0240. The standard InChI is InChI=1S/C17H22N2O3/c20-15-8-4-7-14(15)18-17(22)13-9-16(21)19(11-13)10-12-5-2-1-3-6-12/h1-3,5-6,13-15,20H,4,7-11H2,(H,18,22). The quantitative estimate of drug-likeness (QED) is 0.874. The largest absolute Gasteiger partial charge is 0.391 e. The maximum absolute atomic E-state index is 12.3. The lowest BCUT2D eigenvalue weighted by atomic mass is 10.1. The fourth-order valence-corrected chi connectivity index (χ4v) is 3.31. The smallest absolute Gasteiger partial charge is 0.225 e. The van der Waals surface area contributed by atoms with Crippen LogP contribution in [0, 0.1) is 5.92 Å². The average molecular weight is 302 g/mol. The van der Waals surface area contributed by atoms with Gasteiger partial charge in [0, 0.05) is 19.5 Å². The summed E-state index contributed by atoms with van der Waals surface area (Å²) in [7, 11) is 0. The predicted molar refractivity (Wildman–Crippen MR) is 81.8 cm³/mol. The highest BCUT2D eigenvalue weighted by Crippen LogP contribution is 2.23. The molecule has 1 aromatic rings. The van der Waals surface area contributed by atoms with Crippen LogP contribution in [0.1, 0.15) is 31.2 Å². The first-order valence-corrected chi connectivity index (χ1v) is 7.93. The van der Waals surface area contributed by atoms with Gasteiger partial charge in [-0.05, 0) is 24.8 Å². The highest BCUT2D eigenvalue weighted by Gasteiger charge is 2.36. The molecule has 0 spiro atoms. The fraction of sp³-hybridized carbons (Fsp3) is 0.529. The summed E-state index contributed by atoms with van der Waals surface area (Å²) in [5, 5.41) is 12.7. The summed E-state index contributed by atoms with van der Waals surface area (Å²) in [5.74, 6) is -0.380. The molecule has 1 saturated heterocycles. The Hall–Kier alpha value is -1.88. The Morgan fingerprint density at radius 3 is 2.73 bits per heavy atom. The molecule has 0 bridgehead atoms. The molecule has 3 unspecified atom stereocenters. The van der Waals surface area contributed by atoms with Crippen LogP contribution in [0.4, 0.5) is 0 Å². The van der Waals surface area contributed by atoms with Gasteiger partial charge < -0.3 is 15.3 Å². The van der Waals surface area contributed by atoms with Gasteiger partial charge in [0.2, 0.25) is 11.8 Å². The summed E-state index contributed by atoms with van der Waals surface area (Å²) < 4.78 is 0. The molecular weight excluding hydrogens is 280 g/mol. The van der Waals surface area contributed by atoms with Crippen molar-refractivity contribution in [2.24, 2.45) is 5.92 Å². The molecule has 22 heavy (non-hydrogen) atoms. The van der Waals surface area contributed by atoms with E-state index < -0.39 is 6.10 Å². The molecule has 2 fully saturated rings.